The van der Waals surface area contributed by atoms with Crippen LogP contribution in [0.15, 0.2) is 0 Å². The van der Waals surface area contributed by atoms with Crippen molar-refractivity contribution in [2.75, 3.05) is 26.3 Å². The molecule has 1 aliphatic heterocycles. The van der Waals surface area contributed by atoms with Crippen LogP contribution in [0.1, 0.15) is 39.5 Å². The highest BCUT2D eigenvalue weighted by Gasteiger charge is 2.31. The van der Waals surface area contributed by atoms with Gasteiger partial charge in [0.1, 0.15) is 6.04 Å². The molecule has 0 spiro atoms. The van der Waals surface area contributed by atoms with Gasteiger partial charge in [-0.3, -0.25) is 9.59 Å². The van der Waals surface area contributed by atoms with Gasteiger partial charge in [0.25, 0.3) is 0 Å². The highest BCUT2D eigenvalue weighted by Crippen LogP contribution is 2.28. The number of hydrogen-bond acceptors (Lipinski definition) is 3. The second-order valence-electron chi connectivity index (χ2n) is 6.24. The summed E-state index contributed by atoms with van der Waals surface area (Å²) in [4.78, 5) is 25.8. The zero-order chi connectivity index (χ0) is 14.5. The van der Waals surface area contributed by atoms with Gasteiger partial charge in [-0.05, 0) is 31.1 Å². The normalized spacial score (nSPS) is 23.9. The average molecular weight is 282 g/mol. The molecule has 1 aliphatic carbocycles. The maximum atomic E-state index is 12.4. The Kier molecular flexibility index (Phi) is 5.40. The third-order valence-electron chi connectivity index (χ3n) is 3.94. The first-order valence-corrected chi connectivity index (χ1v) is 7.74. The van der Waals surface area contributed by atoms with Crippen LogP contribution in [0.3, 0.4) is 0 Å². The Morgan fingerprint density at radius 3 is 2.75 bits per heavy atom. The van der Waals surface area contributed by atoms with Crippen LogP contribution >= 0.6 is 0 Å². The molecule has 20 heavy (non-hydrogen) atoms. The maximum absolute atomic E-state index is 12.4. The van der Waals surface area contributed by atoms with E-state index in [2.05, 4.69) is 5.32 Å². The Hall–Kier alpha value is -1.10. The zero-order valence-corrected chi connectivity index (χ0v) is 12.6. The molecule has 1 unspecified atom stereocenters. The fourth-order valence-corrected chi connectivity index (χ4v) is 2.42. The molecule has 1 atom stereocenters. The van der Waals surface area contributed by atoms with E-state index in [0.717, 1.165) is 18.9 Å². The summed E-state index contributed by atoms with van der Waals surface area (Å²) in [6.45, 7) is 6.70. The molecule has 2 rings (SSSR count). The Balaban J connectivity index is 1.75. The third kappa shape index (κ3) is 4.47. The van der Waals surface area contributed by atoms with Crippen LogP contribution in [0.2, 0.25) is 0 Å². The van der Waals surface area contributed by atoms with E-state index in [0.29, 0.717) is 26.1 Å². The fourth-order valence-electron chi connectivity index (χ4n) is 2.42. The van der Waals surface area contributed by atoms with Gasteiger partial charge in [-0.1, -0.05) is 13.8 Å². The minimum Gasteiger partial charge on any atom is -0.381 e. The summed E-state index contributed by atoms with van der Waals surface area (Å²) < 4.78 is 5.59. The Morgan fingerprint density at radius 2 is 2.10 bits per heavy atom. The van der Waals surface area contributed by atoms with Gasteiger partial charge in [-0.15, -0.1) is 0 Å². The molecule has 5 heteroatoms. The number of ether oxygens (including phenoxy) is 1. The summed E-state index contributed by atoms with van der Waals surface area (Å²) >= 11 is 0. The molecule has 2 amide bonds. The molecule has 2 fully saturated rings. The quantitative estimate of drug-likeness (QED) is 0.713. The van der Waals surface area contributed by atoms with Crippen LogP contribution in [0, 0.1) is 11.8 Å². The predicted molar refractivity (Wildman–Crippen MR) is 76.1 cm³/mol. The lowest BCUT2D eigenvalue weighted by Crippen LogP contribution is -2.48. The monoisotopic (exact) mass is 282 g/mol. The van der Waals surface area contributed by atoms with E-state index in [9.17, 15) is 9.59 Å². The summed E-state index contributed by atoms with van der Waals surface area (Å²) in [6.07, 6.45) is 3.85. The van der Waals surface area contributed by atoms with Crippen molar-refractivity contribution < 1.29 is 14.3 Å². The van der Waals surface area contributed by atoms with Crippen molar-refractivity contribution in [2.45, 2.75) is 45.6 Å². The van der Waals surface area contributed by atoms with E-state index in [-0.39, 0.29) is 23.8 Å². The van der Waals surface area contributed by atoms with Gasteiger partial charge in [-0.2, -0.15) is 0 Å². The number of hydrogen-bond donors (Lipinski definition) is 1. The minimum atomic E-state index is -0.377. The van der Waals surface area contributed by atoms with Gasteiger partial charge in [0.2, 0.25) is 11.8 Å². The van der Waals surface area contributed by atoms with Crippen molar-refractivity contribution in [2.24, 2.45) is 11.8 Å². The van der Waals surface area contributed by atoms with Crippen LogP contribution < -0.4 is 5.32 Å². The lowest BCUT2D eigenvalue weighted by molar-refractivity contribution is -0.134. The van der Waals surface area contributed by atoms with E-state index in [1.54, 1.807) is 0 Å². The van der Waals surface area contributed by atoms with E-state index in [1.807, 2.05) is 18.7 Å². The molecule has 1 saturated heterocycles. The van der Waals surface area contributed by atoms with Crippen molar-refractivity contribution in [1.82, 2.24) is 10.2 Å². The molecule has 2 aliphatic rings. The topological polar surface area (TPSA) is 58.6 Å². The van der Waals surface area contributed by atoms with Gasteiger partial charge in [0, 0.05) is 32.7 Å². The van der Waals surface area contributed by atoms with Crippen LogP contribution in [0.4, 0.5) is 0 Å². The first kappa shape index (κ1) is 15.3. The lowest BCUT2D eigenvalue weighted by Gasteiger charge is -2.26. The number of amides is 2. The van der Waals surface area contributed by atoms with Crippen LogP contribution in [0.25, 0.3) is 0 Å². The predicted octanol–water partition coefficient (Wildman–Crippen LogP) is 1.18. The number of nitrogens with one attached hydrogen (secondary N) is 1. The summed E-state index contributed by atoms with van der Waals surface area (Å²) in [6, 6.07) is -0.377. The standard InChI is InChI=1S/C15H26N2O3/c1-11(2)14-15(19)17(8-6-13(18)16-14)7-3-9-20-10-12-4-5-12/h11-12,14H,3-10H2,1-2H3,(H,16,18). The molecule has 0 radical (unpaired) electrons. The first-order chi connectivity index (χ1) is 9.58. The second-order valence-corrected chi connectivity index (χ2v) is 6.24. The minimum absolute atomic E-state index is 0.0236. The highest BCUT2D eigenvalue weighted by atomic mass is 16.5. The molecule has 1 heterocycles. The summed E-state index contributed by atoms with van der Waals surface area (Å²) in [5.74, 6) is 0.928. The van der Waals surface area contributed by atoms with E-state index in [4.69, 9.17) is 4.74 Å². The molecule has 0 aromatic heterocycles. The van der Waals surface area contributed by atoms with Crippen molar-refractivity contribution >= 4 is 11.8 Å². The van der Waals surface area contributed by atoms with Gasteiger partial charge in [0.15, 0.2) is 0 Å². The molecule has 1 saturated carbocycles. The number of carbonyl (C=O) groups is 2. The summed E-state index contributed by atoms with van der Waals surface area (Å²) in [7, 11) is 0. The number of rotatable bonds is 7. The second kappa shape index (κ2) is 7.07. The fraction of sp³-hybridized carbons (Fsp3) is 0.867. The molecule has 0 bridgehead atoms. The van der Waals surface area contributed by atoms with E-state index < -0.39 is 0 Å². The molecule has 114 valence electrons. The first-order valence-electron chi connectivity index (χ1n) is 7.74. The summed E-state index contributed by atoms with van der Waals surface area (Å²) in [5, 5.41) is 2.82. The van der Waals surface area contributed by atoms with Crippen LogP contribution in [0.5, 0.6) is 0 Å². The highest BCUT2D eigenvalue weighted by molar-refractivity contribution is 5.90. The van der Waals surface area contributed by atoms with Crippen molar-refractivity contribution in [3.63, 3.8) is 0 Å². The van der Waals surface area contributed by atoms with E-state index >= 15 is 0 Å². The van der Waals surface area contributed by atoms with Crippen molar-refractivity contribution in [3.8, 4) is 0 Å². The zero-order valence-electron chi connectivity index (χ0n) is 12.6. The van der Waals surface area contributed by atoms with E-state index in [1.165, 1.54) is 12.8 Å². The van der Waals surface area contributed by atoms with Gasteiger partial charge in [-0.25, -0.2) is 0 Å². The van der Waals surface area contributed by atoms with Crippen LogP contribution in [-0.2, 0) is 14.3 Å². The molecular formula is C15H26N2O3. The average Bonchev–Trinajstić information content (AvgIpc) is 3.22. The molecular weight excluding hydrogens is 256 g/mol. The molecule has 1 N–H and O–H groups in total. The molecule has 0 aromatic carbocycles. The van der Waals surface area contributed by atoms with Crippen LogP contribution in [-0.4, -0.2) is 49.1 Å². The Morgan fingerprint density at radius 1 is 1.35 bits per heavy atom. The van der Waals surface area contributed by atoms with Gasteiger partial charge >= 0.3 is 0 Å². The molecule has 0 aromatic rings. The van der Waals surface area contributed by atoms with Crippen molar-refractivity contribution in [3.05, 3.63) is 0 Å². The maximum Gasteiger partial charge on any atom is 0.245 e. The lowest BCUT2D eigenvalue weighted by atomic mass is 10.0. The van der Waals surface area contributed by atoms with Crippen molar-refractivity contribution in [1.29, 1.82) is 0 Å². The largest absolute Gasteiger partial charge is 0.381 e. The Labute approximate surface area is 121 Å². The molecule has 5 nitrogen and oxygen atoms in total. The summed E-state index contributed by atoms with van der Waals surface area (Å²) in [5.41, 5.74) is 0. The third-order valence-corrected chi connectivity index (χ3v) is 3.94. The van der Waals surface area contributed by atoms with Gasteiger partial charge < -0.3 is 15.0 Å². The Bertz CT molecular complexity index is 353. The smallest absolute Gasteiger partial charge is 0.245 e. The SMILES string of the molecule is CC(C)C1NC(=O)CCN(CCCOCC2CC2)C1=O. The van der Waals surface area contributed by atoms with Gasteiger partial charge in [0.05, 0.1) is 0 Å². The number of nitrogens with zero attached hydrogens (tertiary/aromatic N) is 1. The number of carbonyl (C=O) groups excluding carboxylic acids is 2.